The number of carbonyl (C=O) groups excluding carboxylic acids is 1. The van der Waals surface area contributed by atoms with Crippen LogP contribution in [0.15, 0.2) is 42.6 Å². The summed E-state index contributed by atoms with van der Waals surface area (Å²) >= 11 is 0. The number of halogens is 3. The van der Waals surface area contributed by atoms with E-state index in [1.54, 1.807) is 4.90 Å². The summed E-state index contributed by atoms with van der Waals surface area (Å²) in [5.41, 5.74) is 0.280. The Morgan fingerprint density at radius 3 is 2.63 bits per heavy atom. The monoisotopic (exact) mass is 424 g/mol. The van der Waals surface area contributed by atoms with Gasteiger partial charge in [0.15, 0.2) is 0 Å². The number of ether oxygens (including phenoxy) is 1. The van der Waals surface area contributed by atoms with Gasteiger partial charge in [-0.25, -0.2) is 4.79 Å². The highest BCUT2D eigenvalue weighted by Gasteiger charge is 2.30. The lowest BCUT2D eigenvalue weighted by Gasteiger charge is -2.28. The normalized spacial score (nSPS) is 15.2. The van der Waals surface area contributed by atoms with Crippen LogP contribution in [0.3, 0.4) is 0 Å². The van der Waals surface area contributed by atoms with Crippen LogP contribution in [0.2, 0.25) is 0 Å². The van der Waals surface area contributed by atoms with Crippen molar-refractivity contribution < 1.29 is 22.7 Å². The molecule has 2 amide bonds. The smallest absolute Gasteiger partial charge is 0.379 e. The van der Waals surface area contributed by atoms with Gasteiger partial charge in [-0.3, -0.25) is 4.90 Å². The van der Waals surface area contributed by atoms with Crippen LogP contribution >= 0.6 is 0 Å². The minimum Gasteiger partial charge on any atom is -0.379 e. The van der Waals surface area contributed by atoms with Crippen molar-refractivity contribution in [2.24, 2.45) is 7.05 Å². The van der Waals surface area contributed by atoms with Gasteiger partial charge < -0.3 is 19.5 Å². The number of morpholine rings is 1. The molecule has 0 radical (unpaired) electrons. The van der Waals surface area contributed by atoms with Crippen LogP contribution in [0.5, 0.6) is 0 Å². The number of hydrogen-bond donors (Lipinski definition) is 1. The van der Waals surface area contributed by atoms with Gasteiger partial charge in [0.2, 0.25) is 0 Å². The predicted octanol–water partition coefficient (Wildman–Crippen LogP) is 3.80. The number of alkyl halides is 3. The van der Waals surface area contributed by atoms with E-state index in [0.717, 1.165) is 43.9 Å². The second-order valence-electron chi connectivity index (χ2n) is 7.35. The summed E-state index contributed by atoms with van der Waals surface area (Å²) in [4.78, 5) is 16.8. The van der Waals surface area contributed by atoms with Crippen LogP contribution in [0.4, 0.5) is 23.7 Å². The van der Waals surface area contributed by atoms with Crippen LogP contribution in [0, 0.1) is 0 Å². The summed E-state index contributed by atoms with van der Waals surface area (Å²) in [5.74, 6) is 0. The Morgan fingerprint density at radius 1 is 1.20 bits per heavy atom. The minimum absolute atomic E-state index is 0.125. The maximum atomic E-state index is 13.0. The summed E-state index contributed by atoms with van der Waals surface area (Å²) in [6.45, 7) is 4.86. The summed E-state index contributed by atoms with van der Waals surface area (Å²) in [5, 5.41) is 2.62. The molecule has 0 saturated carbocycles. The van der Waals surface area contributed by atoms with Gasteiger partial charge in [-0.05, 0) is 36.8 Å². The number of rotatable bonds is 7. The first kappa shape index (κ1) is 22.2. The molecule has 0 unspecified atom stereocenters. The number of aromatic nitrogens is 1. The molecule has 1 fully saturated rings. The molecular formula is C21H27F3N4O2. The minimum atomic E-state index is -4.46. The van der Waals surface area contributed by atoms with E-state index in [9.17, 15) is 18.0 Å². The van der Waals surface area contributed by atoms with Gasteiger partial charge in [-0.15, -0.1) is 0 Å². The molecule has 1 aromatic carbocycles. The van der Waals surface area contributed by atoms with Crippen LogP contribution in [-0.4, -0.2) is 59.8 Å². The Morgan fingerprint density at radius 2 is 1.97 bits per heavy atom. The van der Waals surface area contributed by atoms with E-state index in [1.807, 2.05) is 29.9 Å². The van der Waals surface area contributed by atoms with Crippen molar-refractivity contribution in [3.63, 3.8) is 0 Å². The van der Waals surface area contributed by atoms with Gasteiger partial charge in [0, 0.05) is 50.8 Å². The standard InChI is InChI=1S/C21H27F3N4O2/c1-26-8-3-7-19(26)16-28(10-4-9-27-11-13-30-14-12-27)20(29)25-18-6-2-5-17(15-18)21(22,23)24/h2-3,5-8,15H,4,9-14,16H2,1H3,(H,25,29). The Labute approximate surface area is 174 Å². The maximum absolute atomic E-state index is 13.0. The molecule has 2 aromatic rings. The second-order valence-corrected chi connectivity index (χ2v) is 7.35. The summed E-state index contributed by atoms with van der Waals surface area (Å²) < 4.78 is 46.2. The zero-order chi connectivity index (χ0) is 21.6. The van der Waals surface area contributed by atoms with E-state index in [-0.39, 0.29) is 5.69 Å². The zero-order valence-electron chi connectivity index (χ0n) is 17.0. The van der Waals surface area contributed by atoms with Gasteiger partial charge in [-0.1, -0.05) is 6.07 Å². The fraction of sp³-hybridized carbons (Fsp3) is 0.476. The molecule has 1 aliphatic rings. The molecule has 0 atom stereocenters. The highest BCUT2D eigenvalue weighted by atomic mass is 19.4. The van der Waals surface area contributed by atoms with E-state index in [1.165, 1.54) is 12.1 Å². The number of amides is 2. The van der Waals surface area contributed by atoms with Crippen LogP contribution < -0.4 is 5.32 Å². The maximum Gasteiger partial charge on any atom is 0.416 e. The van der Waals surface area contributed by atoms with E-state index >= 15 is 0 Å². The van der Waals surface area contributed by atoms with E-state index in [2.05, 4.69) is 10.2 Å². The number of hydrogen-bond acceptors (Lipinski definition) is 3. The van der Waals surface area contributed by atoms with Gasteiger partial charge in [-0.2, -0.15) is 13.2 Å². The lowest BCUT2D eigenvalue weighted by atomic mass is 10.2. The Bertz CT molecular complexity index is 832. The molecule has 0 bridgehead atoms. The third-order valence-electron chi connectivity index (χ3n) is 5.14. The van der Waals surface area contributed by atoms with Crippen molar-refractivity contribution >= 4 is 11.7 Å². The van der Waals surface area contributed by atoms with Crippen molar-refractivity contribution in [2.45, 2.75) is 19.1 Å². The lowest BCUT2D eigenvalue weighted by Crippen LogP contribution is -2.40. The van der Waals surface area contributed by atoms with Gasteiger partial charge in [0.25, 0.3) is 0 Å². The molecule has 1 N–H and O–H groups in total. The first-order chi connectivity index (χ1) is 14.3. The molecule has 9 heteroatoms. The molecule has 6 nitrogen and oxygen atoms in total. The zero-order valence-corrected chi connectivity index (χ0v) is 17.0. The molecule has 0 spiro atoms. The van der Waals surface area contributed by atoms with Crippen LogP contribution in [0.1, 0.15) is 17.7 Å². The SMILES string of the molecule is Cn1cccc1CN(CCCN1CCOCC1)C(=O)Nc1cccc(C(F)(F)F)c1. The average molecular weight is 424 g/mol. The van der Waals surface area contributed by atoms with Crippen molar-refractivity contribution in [3.8, 4) is 0 Å². The van der Waals surface area contributed by atoms with Gasteiger partial charge >= 0.3 is 12.2 Å². The number of nitrogens with one attached hydrogen (secondary N) is 1. The van der Waals surface area contributed by atoms with Crippen molar-refractivity contribution in [1.29, 1.82) is 0 Å². The summed E-state index contributed by atoms with van der Waals surface area (Å²) in [7, 11) is 1.89. The third kappa shape index (κ3) is 6.24. The molecule has 164 valence electrons. The number of nitrogens with zero attached hydrogens (tertiary/aromatic N) is 3. The number of benzene rings is 1. The number of carbonyl (C=O) groups is 1. The number of anilines is 1. The quantitative estimate of drug-likeness (QED) is 0.736. The molecule has 30 heavy (non-hydrogen) atoms. The molecular weight excluding hydrogens is 397 g/mol. The van der Waals surface area contributed by atoms with Crippen molar-refractivity contribution in [1.82, 2.24) is 14.4 Å². The van der Waals surface area contributed by atoms with Crippen LogP contribution in [-0.2, 0) is 24.5 Å². The number of aryl methyl sites for hydroxylation is 1. The first-order valence-corrected chi connectivity index (χ1v) is 9.96. The largest absolute Gasteiger partial charge is 0.416 e. The van der Waals surface area contributed by atoms with E-state index < -0.39 is 17.8 Å². The summed E-state index contributed by atoms with van der Waals surface area (Å²) in [6, 6.07) is 8.09. The Balaban J connectivity index is 1.65. The van der Waals surface area contributed by atoms with Crippen molar-refractivity contribution in [3.05, 3.63) is 53.9 Å². The Hall–Kier alpha value is -2.52. The topological polar surface area (TPSA) is 49.7 Å². The van der Waals surface area contributed by atoms with Gasteiger partial charge in [0.1, 0.15) is 0 Å². The second kappa shape index (κ2) is 9.99. The highest BCUT2D eigenvalue weighted by Crippen LogP contribution is 2.30. The molecule has 3 rings (SSSR count). The Kier molecular flexibility index (Phi) is 7.38. The first-order valence-electron chi connectivity index (χ1n) is 9.96. The lowest BCUT2D eigenvalue weighted by molar-refractivity contribution is -0.137. The predicted molar refractivity (Wildman–Crippen MR) is 108 cm³/mol. The fourth-order valence-electron chi connectivity index (χ4n) is 3.39. The van der Waals surface area contributed by atoms with E-state index in [0.29, 0.717) is 26.3 Å². The molecule has 1 aromatic heterocycles. The third-order valence-corrected chi connectivity index (χ3v) is 5.14. The summed E-state index contributed by atoms with van der Waals surface area (Å²) in [6.07, 6.45) is -1.80. The average Bonchev–Trinajstić information content (AvgIpc) is 3.12. The van der Waals surface area contributed by atoms with Crippen LogP contribution in [0.25, 0.3) is 0 Å². The van der Waals surface area contributed by atoms with E-state index in [4.69, 9.17) is 4.74 Å². The molecule has 1 saturated heterocycles. The molecule has 0 aliphatic carbocycles. The highest BCUT2D eigenvalue weighted by molar-refractivity contribution is 5.89. The number of urea groups is 1. The fourth-order valence-corrected chi connectivity index (χ4v) is 3.39. The van der Waals surface area contributed by atoms with Gasteiger partial charge in [0.05, 0.1) is 25.3 Å². The molecule has 1 aliphatic heterocycles. The van der Waals surface area contributed by atoms with Crippen molar-refractivity contribution in [2.75, 3.05) is 44.7 Å². The molecule has 2 heterocycles.